The third-order valence-corrected chi connectivity index (χ3v) is 3.39. The Bertz CT molecular complexity index is 363. The van der Waals surface area contributed by atoms with E-state index >= 15 is 0 Å². The largest absolute Gasteiger partial charge is 0.390 e. The number of benzene rings is 1. The second-order valence-electron chi connectivity index (χ2n) is 5.38. The van der Waals surface area contributed by atoms with Crippen molar-refractivity contribution in [2.75, 3.05) is 0 Å². The molecular weight excluding hydrogens is 220 g/mol. The lowest BCUT2D eigenvalue weighted by atomic mass is 9.77. The van der Waals surface area contributed by atoms with Gasteiger partial charge in [-0.25, -0.2) is 0 Å². The molecule has 0 amide bonds. The molecule has 1 unspecified atom stereocenters. The van der Waals surface area contributed by atoms with Crippen molar-refractivity contribution >= 4 is 11.6 Å². The standard InChI is InChI=1S/C14H21ClO/c1-9(2)13(14(4,5)16)11-6-7-12(15)10(3)8-11/h6-9,13,16H,1-5H3. The van der Waals surface area contributed by atoms with E-state index in [9.17, 15) is 5.11 Å². The van der Waals surface area contributed by atoms with Gasteiger partial charge in [0, 0.05) is 10.9 Å². The molecule has 0 saturated carbocycles. The Labute approximate surface area is 103 Å². The van der Waals surface area contributed by atoms with E-state index < -0.39 is 5.60 Å². The van der Waals surface area contributed by atoms with Crippen LogP contribution in [0, 0.1) is 12.8 Å². The van der Waals surface area contributed by atoms with E-state index in [0.717, 1.165) is 16.1 Å². The van der Waals surface area contributed by atoms with Gasteiger partial charge in [0.1, 0.15) is 0 Å². The first-order valence-corrected chi connectivity index (χ1v) is 6.09. The summed E-state index contributed by atoms with van der Waals surface area (Å²) in [5, 5.41) is 11.0. The van der Waals surface area contributed by atoms with E-state index in [1.54, 1.807) is 0 Å². The molecule has 1 aromatic carbocycles. The minimum absolute atomic E-state index is 0.128. The van der Waals surface area contributed by atoms with Crippen molar-refractivity contribution < 1.29 is 5.11 Å². The lowest BCUT2D eigenvalue weighted by Crippen LogP contribution is -2.32. The smallest absolute Gasteiger partial charge is 0.0662 e. The Kier molecular flexibility index (Phi) is 4.03. The van der Waals surface area contributed by atoms with Gasteiger partial charge in [-0.3, -0.25) is 0 Å². The normalized spacial score (nSPS) is 14.2. The number of halogens is 1. The molecule has 1 nitrogen and oxygen atoms in total. The van der Waals surface area contributed by atoms with Crippen molar-refractivity contribution in [3.05, 3.63) is 34.3 Å². The predicted molar refractivity (Wildman–Crippen MR) is 70.1 cm³/mol. The van der Waals surface area contributed by atoms with Crippen LogP contribution >= 0.6 is 11.6 Å². The zero-order chi connectivity index (χ0) is 12.5. The number of hydrogen-bond acceptors (Lipinski definition) is 1. The summed E-state index contributed by atoms with van der Waals surface area (Å²) in [6, 6.07) is 6.00. The van der Waals surface area contributed by atoms with Crippen molar-refractivity contribution in [3.63, 3.8) is 0 Å². The van der Waals surface area contributed by atoms with Gasteiger partial charge in [0.25, 0.3) is 0 Å². The van der Waals surface area contributed by atoms with Crippen LogP contribution in [0.1, 0.15) is 44.7 Å². The maximum Gasteiger partial charge on any atom is 0.0662 e. The SMILES string of the molecule is Cc1cc(C(C(C)C)C(C)(C)O)ccc1Cl. The molecule has 1 rings (SSSR count). The van der Waals surface area contributed by atoms with Crippen molar-refractivity contribution in [1.29, 1.82) is 0 Å². The maximum atomic E-state index is 10.2. The van der Waals surface area contributed by atoms with Crippen LogP contribution in [0.5, 0.6) is 0 Å². The van der Waals surface area contributed by atoms with E-state index in [0.29, 0.717) is 5.92 Å². The summed E-state index contributed by atoms with van der Waals surface area (Å²) in [4.78, 5) is 0. The molecule has 90 valence electrons. The highest BCUT2D eigenvalue weighted by Crippen LogP contribution is 2.35. The zero-order valence-corrected chi connectivity index (χ0v) is 11.5. The molecule has 2 heteroatoms. The highest BCUT2D eigenvalue weighted by Gasteiger charge is 2.31. The molecule has 0 bridgehead atoms. The molecule has 0 fully saturated rings. The monoisotopic (exact) mass is 240 g/mol. The molecule has 16 heavy (non-hydrogen) atoms. The molecule has 0 aliphatic carbocycles. The van der Waals surface area contributed by atoms with Crippen LogP contribution in [0.15, 0.2) is 18.2 Å². The van der Waals surface area contributed by atoms with Gasteiger partial charge in [-0.05, 0) is 43.9 Å². The summed E-state index contributed by atoms with van der Waals surface area (Å²) >= 11 is 6.02. The summed E-state index contributed by atoms with van der Waals surface area (Å²) in [6.45, 7) is 9.98. The Hall–Kier alpha value is -0.530. The molecule has 0 saturated heterocycles. The molecule has 0 radical (unpaired) electrons. The number of aliphatic hydroxyl groups is 1. The quantitative estimate of drug-likeness (QED) is 0.841. The fourth-order valence-corrected chi connectivity index (χ4v) is 2.59. The van der Waals surface area contributed by atoms with Crippen LogP contribution in [0.4, 0.5) is 0 Å². The van der Waals surface area contributed by atoms with E-state index in [1.165, 1.54) is 0 Å². The van der Waals surface area contributed by atoms with Gasteiger partial charge in [-0.2, -0.15) is 0 Å². The van der Waals surface area contributed by atoms with Gasteiger partial charge in [0.2, 0.25) is 0 Å². The van der Waals surface area contributed by atoms with Gasteiger partial charge in [0.05, 0.1) is 5.60 Å². The molecule has 0 aromatic heterocycles. The molecule has 1 N–H and O–H groups in total. The van der Waals surface area contributed by atoms with Crippen LogP contribution < -0.4 is 0 Å². The fraction of sp³-hybridized carbons (Fsp3) is 0.571. The fourth-order valence-electron chi connectivity index (χ4n) is 2.47. The van der Waals surface area contributed by atoms with Gasteiger partial charge < -0.3 is 5.11 Å². The molecule has 0 spiro atoms. The summed E-state index contributed by atoms with van der Waals surface area (Å²) in [7, 11) is 0. The van der Waals surface area contributed by atoms with Gasteiger partial charge >= 0.3 is 0 Å². The first kappa shape index (κ1) is 13.5. The lowest BCUT2D eigenvalue weighted by Gasteiger charge is -2.33. The Morgan fingerprint density at radius 1 is 1.25 bits per heavy atom. The van der Waals surface area contributed by atoms with Crippen LogP contribution in [0.25, 0.3) is 0 Å². The summed E-state index contributed by atoms with van der Waals surface area (Å²) in [5.74, 6) is 0.518. The van der Waals surface area contributed by atoms with Gasteiger partial charge in [0.15, 0.2) is 0 Å². The summed E-state index contributed by atoms with van der Waals surface area (Å²) < 4.78 is 0. The highest BCUT2D eigenvalue weighted by atomic mass is 35.5. The molecule has 1 aromatic rings. The first-order chi connectivity index (χ1) is 7.23. The Balaban J connectivity index is 3.17. The van der Waals surface area contributed by atoms with E-state index in [4.69, 9.17) is 11.6 Å². The molecule has 0 aliphatic heterocycles. The molecule has 0 aliphatic rings. The van der Waals surface area contributed by atoms with Gasteiger partial charge in [-0.1, -0.05) is 37.6 Å². The predicted octanol–water partition coefficient (Wildman–Crippen LogP) is 4.16. The second kappa shape index (κ2) is 4.77. The minimum Gasteiger partial charge on any atom is -0.390 e. The third-order valence-electron chi connectivity index (χ3n) is 2.97. The summed E-state index contributed by atoms with van der Waals surface area (Å²) in [5.41, 5.74) is 1.51. The second-order valence-corrected chi connectivity index (χ2v) is 5.79. The lowest BCUT2D eigenvalue weighted by molar-refractivity contribution is 0.0332. The van der Waals surface area contributed by atoms with Crippen molar-refractivity contribution in [2.45, 2.75) is 46.1 Å². The van der Waals surface area contributed by atoms with Crippen molar-refractivity contribution in [1.82, 2.24) is 0 Å². The first-order valence-electron chi connectivity index (χ1n) is 5.72. The van der Waals surface area contributed by atoms with Crippen molar-refractivity contribution in [2.24, 2.45) is 5.92 Å². The van der Waals surface area contributed by atoms with E-state index in [2.05, 4.69) is 19.9 Å². The van der Waals surface area contributed by atoms with Gasteiger partial charge in [-0.15, -0.1) is 0 Å². The number of hydrogen-bond donors (Lipinski definition) is 1. The topological polar surface area (TPSA) is 20.2 Å². The average Bonchev–Trinajstić information content (AvgIpc) is 2.08. The Morgan fingerprint density at radius 2 is 1.81 bits per heavy atom. The van der Waals surface area contributed by atoms with E-state index in [-0.39, 0.29) is 5.92 Å². The van der Waals surface area contributed by atoms with Crippen LogP contribution in [-0.4, -0.2) is 10.7 Å². The third kappa shape index (κ3) is 2.99. The molecule has 1 atom stereocenters. The van der Waals surface area contributed by atoms with Crippen LogP contribution in [-0.2, 0) is 0 Å². The minimum atomic E-state index is -0.714. The number of rotatable bonds is 3. The molecular formula is C14H21ClO. The van der Waals surface area contributed by atoms with Crippen molar-refractivity contribution in [3.8, 4) is 0 Å². The van der Waals surface area contributed by atoms with Crippen LogP contribution in [0.2, 0.25) is 5.02 Å². The summed E-state index contributed by atoms with van der Waals surface area (Å²) in [6.07, 6.45) is 0. The highest BCUT2D eigenvalue weighted by molar-refractivity contribution is 6.31. The molecule has 0 heterocycles. The van der Waals surface area contributed by atoms with Crippen LogP contribution in [0.3, 0.4) is 0 Å². The number of aryl methyl sites for hydroxylation is 1. The van der Waals surface area contributed by atoms with E-state index in [1.807, 2.05) is 32.9 Å². The average molecular weight is 241 g/mol. The zero-order valence-electron chi connectivity index (χ0n) is 10.7. The Morgan fingerprint density at radius 3 is 2.19 bits per heavy atom. The maximum absolute atomic E-state index is 10.2.